The van der Waals surface area contributed by atoms with E-state index < -0.39 is 24.3 Å². The number of hydrogen-bond donors (Lipinski definition) is 1. The highest BCUT2D eigenvalue weighted by Crippen LogP contribution is 2.37. The van der Waals surface area contributed by atoms with Crippen LogP contribution < -0.4 is 5.32 Å². The van der Waals surface area contributed by atoms with E-state index in [2.05, 4.69) is 5.32 Å². The maximum Gasteiger partial charge on any atom is 0.339 e. The van der Waals surface area contributed by atoms with Crippen molar-refractivity contribution in [1.82, 2.24) is 4.98 Å². The number of furan rings is 1. The van der Waals surface area contributed by atoms with Gasteiger partial charge in [-0.1, -0.05) is 29.8 Å². The summed E-state index contributed by atoms with van der Waals surface area (Å²) in [6.07, 6.45) is 4.83. The van der Waals surface area contributed by atoms with Crippen molar-refractivity contribution in [3.05, 3.63) is 94.3 Å². The number of carbonyl (C=O) groups is 2. The number of para-hydroxylation sites is 1. The number of aromatic nitrogens is 1. The molecule has 2 aromatic heterocycles. The molecular weight excluding hydrogens is 459 g/mol. The zero-order valence-electron chi connectivity index (χ0n) is 17.8. The highest BCUT2D eigenvalue weighted by Gasteiger charge is 2.28. The Morgan fingerprint density at radius 1 is 1.15 bits per heavy atom. The van der Waals surface area contributed by atoms with Crippen LogP contribution in [0.4, 0.5) is 10.1 Å². The van der Waals surface area contributed by atoms with Gasteiger partial charge in [-0.25, -0.2) is 14.2 Å². The predicted octanol–water partition coefficient (Wildman–Crippen LogP) is 5.90. The van der Waals surface area contributed by atoms with E-state index in [-0.39, 0.29) is 10.7 Å². The Kier molecular flexibility index (Phi) is 5.86. The number of amides is 1. The molecule has 1 amide bonds. The number of anilines is 1. The average Bonchev–Trinajstić information content (AvgIpc) is 3.48. The summed E-state index contributed by atoms with van der Waals surface area (Å²) in [4.78, 5) is 30.3. The third-order valence-corrected chi connectivity index (χ3v) is 5.86. The molecule has 0 radical (unpaired) electrons. The SMILES string of the molecule is O=C(COC(=O)c1c2c(nc3ccccc13)C(=Cc1ccco1)CC2)Nc1ccc(F)cc1Cl. The van der Waals surface area contributed by atoms with Gasteiger partial charge in [0, 0.05) is 5.39 Å². The molecule has 1 aliphatic carbocycles. The topological polar surface area (TPSA) is 81.4 Å². The van der Waals surface area contributed by atoms with Crippen molar-refractivity contribution >= 4 is 51.7 Å². The summed E-state index contributed by atoms with van der Waals surface area (Å²) in [5, 5.41) is 3.23. The van der Waals surface area contributed by atoms with E-state index in [0.29, 0.717) is 35.1 Å². The van der Waals surface area contributed by atoms with E-state index in [0.717, 1.165) is 22.9 Å². The summed E-state index contributed by atoms with van der Waals surface area (Å²) in [5.74, 6) is -1.02. The summed E-state index contributed by atoms with van der Waals surface area (Å²) in [6, 6.07) is 14.6. The Morgan fingerprint density at radius 3 is 2.79 bits per heavy atom. The van der Waals surface area contributed by atoms with E-state index >= 15 is 0 Å². The second-order valence-electron chi connectivity index (χ2n) is 7.76. The Hall–Kier alpha value is -3.97. The van der Waals surface area contributed by atoms with Crippen LogP contribution in [0.3, 0.4) is 0 Å². The summed E-state index contributed by atoms with van der Waals surface area (Å²) < 4.78 is 24.0. The number of pyridine rings is 1. The molecule has 2 aromatic carbocycles. The quantitative estimate of drug-likeness (QED) is 0.362. The van der Waals surface area contributed by atoms with Gasteiger partial charge in [0.25, 0.3) is 5.91 Å². The molecule has 2 heterocycles. The zero-order chi connectivity index (χ0) is 23.7. The number of fused-ring (bicyclic) bond motifs is 2. The van der Waals surface area contributed by atoms with Crippen molar-refractivity contribution in [2.45, 2.75) is 12.8 Å². The summed E-state index contributed by atoms with van der Waals surface area (Å²) in [6.45, 7) is -0.521. The van der Waals surface area contributed by atoms with Crippen molar-refractivity contribution in [2.24, 2.45) is 0 Å². The van der Waals surface area contributed by atoms with Gasteiger partial charge in [0.05, 0.1) is 33.7 Å². The normalized spacial score (nSPS) is 13.8. The van der Waals surface area contributed by atoms with Gasteiger partial charge in [-0.15, -0.1) is 0 Å². The number of carbonyl (C=O) groups excluding carboxylic acids is 2. The van der Waals surface area contributed by atoms with Gasteiger partial charge >= 0.3 is 5.97 Å². The van der Waals surface area contributed by atoms with E-state index in [1.807, 2.05) is 42.5 Å². The van der Waals surface area contributed by atoms with E-state index in [1.165, 1.54) is 12.1 Å². The molecule has 0 saturated heterocycles. The first-order valence-corrected chi connectivity index (χ1v) is 11.0. The molecule has 0 saturated carbocycles. The van der Waals surface area contributed by atoms with Crippen LogP contribution in [0.25, 0.3) is 22.6 Å². The molecule has 170 valence electrons. The van der Waals surface area contributed by atoms with Crippen molar-refractivity contribution in [3.63, 3.8) is 0 Å². The fraction of sp³-hybridized carbons (Fsp3) is 0.115. The Bertz CT molecular complexity index is 1450. The predicted molar refractivity (Wildman–Crippen MR) is 127 cm³/mol. The Morgan fingerprint density at radius 2 is 2.00 bits per heavy atom. The molecule has 0 unspecified atom stereocenters. The van der Waals surface area contributed by atoms with Crippen LogP contribution in [0.5, 0.6) is 0 Å². The second kappa shape index (κ2) is 9.11. The minimum atomic E-state index is -0.616. The van der Waals surface area contributed by atoms with Gasteiger partial charge in [-0.05, 0) is 66.5 Å². The number of halogens is 2. The van der Waals surface area contributed by atoms with Gasteiger partial charge in [0.1, 0.15) is 11.6 Å². The molecule has 0 aliphatic heterocycles. The van der Waals surface area contributed by atoms with Gasteiger partial charge in [-0.3, -0.25) is 4.79 Å². The Balaban J connectivity index is 1.42. The number of nitrogens with zero attached hydrogens (tertiary/aromatic N) is 1. The highest BCUT2D eigenvalue weighted by molar-refractivity contribution is 6.33. The van der Waals surface area contributed by atoms with Crippen LogP contribution in [0.1, 0.15) is 33.8 Å². The molecule has 5 rings (SSSR count). The number of ether oxygens (including phenoxy) is 1. The van der Waals surface area contributed by atoms with Gasteiger partial charge in [-0.2, -0.15) is 0 Å². The van der Waals surface area contributed by atoms with Crippen LogP contribution in [0.2, 0.25) is 5.02 Å². The first-order chi connectivity index (χ1) is 16.5. The third-order valence-electron chi connectivity index (χ3n) is 5.55. The lowest BCUT2D eigenvalue weighted by atomic mass is 10.0. The fourth-order valence-corrected chi connectivity index (χ4v) is 4.25. The summed E-state index contributed by atoms with van der Waals surface area (Å²) in [5.41, 5.74) is 3.76. The lowest BCUT2D eigenvalue weighted by Gasteiger charge is -2.13. The number of hydrogen-bond acceptors (Lipinski definition) is 5. The molecule has 0 fully saturated rings. The molecule has 1 aliphatic rings. The summed E-state index contributed by atoms with van der Waals surface area (Å²) >= 11 is 5.94. The third kappa shape index (κ3) is 4.30. The largest absolute Gasteiger partial charge is 0.465 e. The maximum atomic E-state index is 13.2. The highest BCUT2D eigenvalue weighted by atomic mass is 35.5. The maximum absolute atomic E-state index is 13.2. The molecule has 0 atom stereocenters. The number of benzene rings is 2. The number of rotatable bonds is 5. The number of nitrogens with one attached hydrogen (secondary N) is 1. The van der Waals surface area contributed by atoms with Crippen molar-refractivity contribution < 1.29 is 23.1 Å². The fourth-order valence-electron chi connectivity index (χ4n) is 4.04. The van der Waals surface area contributed by atoms with E-state index in [4.69, 9.17) is 25.7 Å². The van der Waals surface area contributed by atoms with Crippen molar-refractivity contribution in [2.75, 3.05) is 11.9 Å². The molecule has 8 heteroatoms. The standard InChI is InChI=1S/C26H18ClFN2O4/c27-20-13-16(28)8-10-22(20)29-23(31)14-34-26(32)24-18-5-1-2-6-21(18)30-25-15(7-9-19(24)25)12-17-4-3-11-33-17/h1-6,8,10-13H,7,9,14H2,(H,29,31). The zero-order valence-corrected chi connectivity index (χ0v) is 18.6. The molecule has 4 aromatic rings. The molecule has 34 heavy (non-hydrogen) atoms. The van der Waals surface area contributed by atoms with Crippen LogP contribution in [0.15, 0.2) is 65.3 Å². The molecule has 6 nitrogen and oxygen atoms in total. The Labute approximate surface area is 199 Å². The van der Waals surface area contributed by atoms with Gasteiger partial charge in [0.15, 0.2) is 6.61 Å². The van der Waals surface area contributed by atoms with Crippen LogP contribution in [-0.2, 0) is 16.0 Å². The van der Waals surface area contributed by atoms with Crippen LogP contribution in [0, 0.1) is 5.82 Å². The van der Waals surface area contributed by atoms with Gasteiger partial charge in [0.2, 0.25) is 0 Å². The lowest BCUT2D eigenvalue weighted by molar-refractivity contribution is -0.119. The molecule has 0 spiro atoms. The molecule has 1 N–H and O–H groups in total. The van der Waals surface area contributed by atoms with Crippen molar-refractivity contribution in [1.29, 1.82) is 0 Å². The minimum Gasteiger partial charge on any atom is -0.465 e. The molecule has 0 bridgehead atoms. The van der Waals surface area contributed by atoms with Crippen LogP contribution >= 0.6 is 11.6 Å². The van der Waals surface area contributed by atoms with Gasteiger partial charge < -0.3 is 14.5 Å². The minimum absolute atomic E-state index is 0.0495. The number of esters is 1. The molecular formula is C26H18ClFN2O4. The van der Waals surface area contributed by atoms with E-state index in [9.17, 15) is 14.0 Å². The number of allylic oxidation sites excluding steroid dienone is 1. The smallest absolute Gasteiger partial charge is 0.339 e. The first-order valence-electron chi connectivity index (χ1n) is 10.6. The first kappa shape index (κ1) is 21.9. The average molecular weight is 477 g/mol. The van der Waals surface area contributed by atoms with E-state index in [1.54, 1.807) is 6.26 Å². The monoisotopic (exact) mass is 476 g/mol. The van der Waals surface area contributed by atoms with Crippen LogP contribution in [-0.4, -0.2) is 23.5 Å². The second-order valence-corrected chi connectivity index (χ2v) is 8.17. The summed E-state index contributed by atoms with van der Waals surface area (Å²) in [7, 11) is 0. The lowest BCUT2D eigenvalue weighted by Crippen LogP contribution is -2.22. The van der Waals surface area contributed by atoms with Crippen molar-refractivity contribution in [3.8, 4) is 0 Å².